The number of nitrogens with zero attached hydrogens (tertiary/aromatic N) is 1. The lowest BCUT2D eigenvalue weighted by Crippen LogP contribution is -2.44. The molecule has 0 aliphatic carbocycles. The lowest BCUT2D eigenvalue weighted by atomic mass is 9.99. The average molecular weight is 341 g/mol. The van der Waals surface area contributed by atoms with Crippen LogP contribution in [-0.4, -0.2) is 38.2 Å². The Morgan fingerprint density at radius 3 is 2.40 bits per heavy atom. The molecule has 0 saturated heterocycles. The second-order valence-corrected chi connectivity index (χ2v) is 6.41. The molecule has 0 heterocycles. The van der Waals surface area contributed by atoms with E-state index in [0.717, 1.165) is 11.1 Å². The van der Waals surface area contributed by atoms with Crippen LogP contribution in [0, 0.1) is 6.92 Å². The van der Waals surface area contributed by atoms with Crippen LogP contribution in [0.1, 0.15) is 24.1 Å². The predicted octanol–water partition coefficient (Wildman–Crippen LogP) is 3.82. The van der Waals surface area contributed by atoms with Crippen LogP contribution >= 0.6 is 0 Å². The molecule has 2 rings (SSSR count). The molecule has 0 radical (unpaired) electrons. The minimum Gasteiger partial charge on any atom is -0.495 e. The monoisotopic (exact) mass is 341 g/mol. The predicted molar refractivity (Wildman–Crippen MR) is 102 cm³/mol. The maximum absolute atomic E-state index is 12.5. The number of aryl methyl sites for hydroxylation is 1. The van der Waals surface area contributed by atoms with E-state index in [9.17, 15) is 4.79 Å². The van der Waals surface area contributed by atoms with Crippen molar-refractivity contribution in [1.82, 2.24) is 10.2 Å². The molecule has 0 unspecified atom stereocenters. The number of anilines is 1. The summed E-state index contributed by atoms with van der Waals surface area (Å²) >= 11 is 0. The summed E-state index contributed by atoms with van der Waals surface area (Å²) in [6.07, 6.45) is 0. The highest BCUT2D eigenvalue weighted by molar-refractivity contribution is 5.91. The van der Waals surface area contributed by atoms with Crippen molar-refractivity contribution in [3.05, 3.63) is 59.7 Å². The van der Waals surface area contributed by atoms with Gasteiger partial charge in [-0.1, -0.05) is 36.4 Å². The van der Waals surface area contributed by atoms with Crippen molar-refractivity contribution in [3.8, 4) is 5.75 Å². The van der Waals surface area contributed by atoms with Crippen molar-refractivity contribution < 1.29 is 9.53 Å². The molecule has 134 valence electrons. The third-order valence-electron chi connectivity index (χ3n) is 4.13. The molecule has 2 aromatic carbocycles. The zero-order valence-electron chi connectivity index (χ0n) is 15.5. The zero-order valence-corrected chi connectivity index (χ0v) is 15.5. The molecule has 2 N–H and O–H groups in total. The second-order valence-electron chi connectivity index (χ2n) is 6.41. The minimum absolute atomic E-state index is 0.0753. The summed E-state index contributed by atoms with van der Waals surface area (Å²) in [6.45, 7) is 3.98. The SMILES string of the molecule is COc1ccc(C)cc1NC(=O)N[C@@H](C)[C@H](c1ccccc1)N(C)C. The van der Waals surface area contributed by atoms with Gasteiger partial charge in [-0.25, -0.2) is 4.79 Å². The molecule has 2 amide bonds. The first-order chi connectivity index (χ1) is 11.9. The Bertz CT molecular complexity index is 701. The highest BCUT2D eigenvalue weighted by Crippen LogP contribution is 2.26. The van der Waals surface area contributed by atoms with E-state index in [-0.39, 0.29) is 18.1 Å². The molecule has 0 saturated carbocycles. The van der Waals surface area contributed by atoms with Crippen molar-refractivity contribution in [3.63, 3.8) is 0 Å². The molecule has 2 atom stereocenters. The Kier molecular flexibility index (Phi) is 6.42. The first-order valence-electron chi connectivity index (χ1n) is 8.36. The fourth-order valence-corrected chi connectivity index (χ4v) is 3.05. The maximum atomic E-state index is 12.5. The van der Waals surface area contributed by atoms with Crippen LogP contribution in [0.5, 0.6) is 5.75 Å². The molecule has 0 aliphatic rings. The van der Waals surface area contributed by atoms with Crippen molar-refractivity contribution in [2.24, 2.45) is 0 Å². The third-order valence-corrected chi connectivity index (χ3v) is 4.13. The van der Waals surface area contributed by atoms with Gasteiger partial charge < -0.3 is 20.3 Å². The zero-order chi connectivity index (χ0) is 18.4. The standard InChI is InChI=1S/C20H27N3O2/c1-14-11-12-18(25-5)17(13-14)22-20(24)21-15(2)19(23(3)4)16-9-7-6-8-10-16/h6-13,15,19H,1-5H3,(H2,21,22,24)/t15-,19+/m0/s1. The van der Waals surface area contributed by atoms with Crippen molar-refractivity contribution >= 4 is 11.7 Å². The largest absolute Gasteiger partial charge is 0.495 e. The van der Waals surface area contributed by atoms with Gasteiger partial charge in [-0.3, -0.25) is 0 Å². The number of methoxy groups -OCH3 is 1. The Labute approximate surface area is 150 Å². The lowest BCUT2D eigenvalue weighted by molar-refractivity contribution is 0.223. The Balaban J connectivity index is 2.10. The number of rotatable bonds is 6. The van der Waals surface area contributed by atoms with Crippen LogP contribution in [0.15, 0.2) is 48.5 Å². The van der Waals surface area contributed by atoms with Crippen LogP contribution in [0.4, 0.5) is 10.5 Å². The van der Waals surface area contributed by atoms with Gasteiger partial charge in [0.05, 0.1) is 18.8 Å². The molecule has 5 nitrogen and oxygen atoms in total. The quantitative estimate of drug-likeness (QED) is 0.840. The van der Waals surface area contributed by atoms with Gasteiger partial charge in [-0.05, 0) is 51.2 Å². The first-order valence-corrected chi connectivity index (χ1v) is 8.36. The van der Waals surface area contributed by atoms with Gasteiger partial charge in [-0.15, -0.1) is 0 Å². The van der Waals surface area contributed by atoms with Gasteiger partial charge in [0, 0.05) is 6.04 Å². The number of nitrogens with one attached hydrogen (secondary N) is 2. The van der Waals surface area contributed by atoms with Gasteiger partial charge in [0.1, 0.15) is 5.75 Å². The number of urea groups is 1. The van der Waals surface area contributed by atoms with E-state index < -0.39 is 0 Å². The number of hydrogen-bond acceptors (Lipinski definition) is 3. The first kappa shape index (κ1) is 18.8. The summed E-state index contributed by atoms with van der Waals surface area (Å²) in [5.74, 6) is 0.639. The molecule has 0 bridgehead atoms. The van der Waals surface area contributed by atoms with Crippen LogP contribution in [-0.2, 0) is 0 Å². The third kappa shape index (κ3) is 4.97. The van der Waals surface area contributed by atoms with Crippen molar-refractivity contribution in [1.29, 1.82) is 0 Å². The fourth-order valence-electron chi connectivity index (χ4n) is 3.05. The number of likely N-dealkylation sites (N-methyl/N-ethyl adjacent to an activating group) is 1. The number of carbonyl (C=O) groups is 1. The van der Waals surface area contributed by atoms with Crippen LogP contribution in [0.3, 0.4) is 0 Å². The van der Waals surface area contributed by atoms with E-state index in [0.29, 0.717) is 11.4 Å². The maximum Gasteiger partial charge on any atom is 0.319 e. The molecular weight excluding hydrogens is 314 g/mol. The van der Waals surface area contributed by atoms with E-state index >= 15 is 0 Å². The molecule has 0 aromatic heterocycles. The molecule has 2 aromatic rings. The molecule has 5 heteroatoms. The normalized spacial score (nSPS) is 13.2. The van der Waals surface area contributed by atoms with Crippen molar-refractivity contribution in [2.45, 2.75) is 25.9 Å². The number of benzene rings is 2. The van der Waals surface area contributed by atoms with Gasteiger partial charge in [0.2, 0.25) is 0 Å². The van der Waals surface area contributed by atoms with Crippen LogP contribution in [0.25, 0.3) is 0 Å². The van der Waals surface area contributed by atoms with Gasteiger partial charge in [0.15, 0.2) is 0 Å². The fraction of sp³-hybridized carbons (Fsp3) is 0.350. The van der Waals surface area contributed by atoms with Gasteiger partial charge in [0.25, 0.3) is 0 Å². The van der Waals surface area contributed by atoms with E-state index in [2.05, 4.69) is 27.7 Å². The molecule has 25 heavy (non-hydrogen) atoms. The topological polar surface area (TPSA) is 53.6 Å². The van der Waals surface area contributed by atoms with Gasteiger partial charge >= 0.3 is 6.03 Å². The summed E-state index contributed by atoms with van der Waals surface area (Å²) in [4.78, 5) is 14.6. The number of hydrogen-bond donors (Lipinski definition) is 2. The summed E-state index contributed by atoms with van der Waals surface area (Å²) in [5.41, 5.74) is 2.88. The minimum atomic E-state index is -0.251. The molecule has 0 spiro atoms. The highest BCUT2D eigenvalue weighted by atomic mass is 16.5. The molecule has 0 fully saturated rings. The Hall–Kier alpha value is -2.53. The molecule has 0 aliphatic heterocycles. The van der Waals surface area contributed by atoms with E-state index in [4.69, 9.17) is 4.74 Å². The molecular formula is C20H27N3O2. The van der Waals surface area contributed by atoms with Crippen LogP contribution < -0.4 is 15.4 Å². The van der Waals surface area contributed by atoms with E-state index in [1.54, 1.807) is 7.11 Å². The number of amides is 2. The lowest BCUT2D eigenvalue weighted by Gasteiger charge is -2.31. The summed E-state index contributed by atoms with van der Waals surface area (Å²) in [5, 5.41) is 5.92. The second kappa shape index (κ2) is 8.53. The summed E-state index contributed by atoms with van der Waals surface area (Å²) in [7, 11) is 5.61. The smallest absolute Gasteiger partial charge is 0.319 e. The Morgan fingerprint density at radius 2 is 1.80 bits per heavy atom. The summed E-state index contributed by atoms with van der Waals surface area (Å²) in [6, 6.07) is 15.6. The Morgan fingerprint density at radius 1 is 1.12 bits per heavy atom. The van der Waals surface area contributed by atoms with E-state index in [1.165, 1.54) is 0 Å². The van der Waals surface area contributed by atoms with Crippen LogP contribution in [0.2, 0.25) is 0 Å². The average Bonchev–Trinajstić information content (AvgIpc) is 2.55. The van der Waals surface area contributed by atoms with Gasteiger partial charge in [-0.2, -0.15) is 0 Å². The summed E-state index contributed by atoms with van der Waals surface area (Å²) < 4.78 is 5.31. The van der Waals surface area contributed by atoms with Crippen molar-refractivity contribution in [2.75, 3.05) is 26.5 Å². The highest BCUT2D eigenvalue weighted by Gasteiger charge is 2.23. The number of ether oxygens (including phenoxy) is 1. The number of carbonyl (C=O) groups excluding carboxylic acids is 1. The van der Waals surface area contributed by atoms with E-state index in [1.807, 2.05) is 64.3 Å².